The fraction of sp³-hybridized carbons (Fsp3) is 0.667. The van der Waals surface area contributed by atoms with Gasteiger partial charge >= 0.3 is 0 Å². The fourth-order valence-electron chi connectivity index (χ4n) is 1.12. The van der Waals surface area contributed by atoms with E-state index >= 15 is 0 Å². The number of allylic oxidation sites excluding steroid dienone is 4. The summed E-state index contributed by atoms with van der Waals surface area (Å²) in [6, 6.07) is 0. The smallest absolute Gasteiger partial charge is 0.0143 e. The lowest BCUT2D eigenvalue weighted by atomic mass is 10.2. The Balaban J connectivity index is 4.39. The molecule has 0 aliphatic rings. The summed E-state index contributed by atoms with van der Waals surface area (Å²) in [7, 11) is 2.15. The van der Waals surface area contributed by atoms with Crippen molar-refractivity contribution in [3.63, 3.8) is 0 Å². The van der Waals surface area contributed by atoms with Gasteiger partial charge in [0.15, 0.2) is 0 Å². The Kier molecular flexibility index (Phi) is 6.38. The van der Waals surface area contributed by atoms with Crippen molar-refractivity contribution >= 4 is 0 Å². The van der Waals surface area contributed by atoms with Crippen LogP contribution in [-0.4, -0.2) is 18.5 Å². The van der Waals surface area contributed by atoms with Gasteiger partial charge < -0.3 is 4.90 Å². The molecule has 0 aromatic rings. The van der Waals surface area contributed by atoms with Gasteiger partial charge in [-0.2, -0.15) is 0 Å². The molecule has 0 heterocycles. The van der Waals surface area contributed by atoms with E-state index < -0.39 is 0 Å². The van der Waals surface area contributed by atoms with Crippen LogP contribution in [0.1, 0.15) is 40.5 Å². The van der Waals surface area contributed by atoms with Crippen molar-refractivity contribution < 1.29 is 0 Å². The second-order valence-corrected chi connectivity index (χ2v) is 3.67. The summed E-state index contributed by atoms with van der Waals surface area (Å²) in [6.45, 7) is 9.76. The Labute approximate surface area is 83.1 Å². The standard InChI is InChI=1S/C12H23N/c1-6-8-12(13(5)7-2)10-9-11(3)4/h9-10H,6-8H2,1-5H3/b12-10+. The summed E-state index contributed by atoms with van der Waals surface area (Å²) >= 11 is 0. The molecule has 0 N–H and O–H groups in total. The second kappa shape index (κ2) is 6.76. The quantitative estimate of drug-likeness (QED) is 0.586. The summed E-state index contributed by atoms with van der Waals surface area (Å²) < 4.78 is 0. The lowest BCUT2D eigenvalue weighted by Gasteiger charge is -2.20. The van der Waals surface area contributed by atoms with Gasteiger partial charge in [0.2, 0.25) is 0 Å². The zero-order valence-corrected chi connectivity index (χ0v) is 9.72. The van der Waals surface area contributed by atoms with Gasteiger partial charge in [0.25, 0.3) is 0 Å². The van der Waals surface area contributed by atoms with Crippen LogP contribution < -0.4 is 0 Å². The Morgan fingerprint density at radius 3 is 2.15 bits per heavy atom. The van der Waals surface area contributed by atoms with E-state index in [2.05, 4.69) is 51.8 Å². The third-order valence-electron chi connectivity index (χ3n) is 2.08. The first-order chi connectivity index (χ1) is 6.11. The Bertz CT molecular complexity index is 185. The molecule has 13 heavy (non-hydrogen) atoms. The third kappa shape index (κ3) is 5.51. The number of nitrogens with zero attached hydrogens (tertiary/aromatic N) is 1. The third-order valence-corrected chi connectivity index (χ3v) is 2.08. The molecule has 0 saturated carbocycles. The summed E-state index contributed by atoms with van der Waals surface area (Å²) in [5, 5.41) is 0. The van der Waals surface area contributed by atoms with Gasteiger partial charge in [-0.25, -0.2) is 0 Å². The van der Waals surface area contributed by atoms with Crippen LogP contribution >= 0.6 is 0 Å². The first-order valence-electron chi connectivity index (χ1n) is 5.17. The highest BCUT2D eigenvalue weighted by Crippen LogP contribution is 2.09. The van der Waals surface area contributed by atoms with Crippen molar-refractivity contribution in [2.75, 3.05) is 13.6 Å². The molecule has 0 aliphatic heterocycles. The van der Waals surface area contributed by atoms with Crippen LogP contribution in [-0.2, 0) is 0 Å². The Morgan fingerprint density at radius 1 is 1.15 bits per heavy atom. The average molecular weight is 181 g/mol. The number of hydrogen-bond acceptors (Lipinski definition) is 1. The van der Waals surface area contributed by atoms with Crippen molar-refractivity contribution in [3.8, 4) is 0 Å². The largest absolute Gasteiger partial charge is 0.378 e. The van der Waals surface area contributed by atoms with Crippen LogP contribution in [0.15, 0.2) is 23.4 Å². The highest BCUT2D eigenvalue weighted by atomic mass is 15.1. The van der Waals surface area contributed by atoms with Crippen molar-refractivity contribution in [1.29, 1.82) is 0 Å². The lowest BCUT2D eigenvalue weighted by Crippen LogP contribution is -2.16. The second-order valence-electron chi connectivity index (χ2n) is 3.67. The molecule has 0 unspecified atom stereocenters. The van der Waals surface area contributed by atoms with E-state index in [0.717, 1.165) is 6.54 Å². The first-order valence-corrected chi connectivity index (χ1v) is 5.17. The van der Waals surface area contributed by atoms with Crippen LogP contribution in [0.4, 0.5) is 0 Å². The molecule has 0 rings (SSSR count). The van der Waals surface area contributed by atoms with Crippen LogP contribution in [0.3, 0.4) is 0 Å². The van der Waals surface area contributed by atoms with Crippen LogP contribution in [0, 0.1) is 0 Å². The maximum Gasteiger partial charge on any atom is 0.0143 e. The molecule has 0 amide bonds. The van der Waals surface area contributed by atoms with Gasteiger partial charge in [-0.1, -0.05) is 25.0 Å². The SMILES string of the molecule is CCC/C(=C\C=C(C)C)N(C)CC. The van der Waals surface area contributed by atoms with E-state index in [9.17, 15) is 0 Å². The minimum absolute atomic E-state index is 1.09. The van der Waals surface area contributed by atoms with E-state index in [1.54, 1.807) is 0 Å². The molecular formula is C12H23N. The maximum atomic E-state index is 2.31. The first kappa shape index (κ1) is 12.3. The van der Waals surface area contributed by atoms with E-state index in [0.29, 0.717) is 0 Å². The topological polar surface area (TPSA) is 3.24 Å². The molecule has 0 aliphatic carbocycles. The minimum atomic E-state index is 1.09. The highest BCUT2D eigenvalue weighted by Gasteiger charge is 1.98. The summed E-state index contributed by atoms with van der Waals surface area (Å²) in [5.74, 6) is 0. The molecule has 0 fully saturated rings. The lowest BCUT2D eigenvalue weighted by molar-refractivity contribution is 0.422. The maximum absolute atomic E-state index is 2.31. The zero-order valence-electron chi connectivity index (χ0n) is 9.72. The monoisotopic (exact) mass is 181 g/mol. The number of hydrogen-bond donors (Lipinski definition) is 0. The van der Waals surface area contributed by atoms with Crippen molar-refractivity contribution in [3.05, 3.63) is 23.4 Å². The molecule has 0 radical (unpaired) electrons. The summed E-state index contributed by atoms with van der Waals surface area (Å²) in [6.07, 6.45) is 6.82. The predicted molar refractivity (Wildman–Crippen MR) is 60.7 cm³/mol. The van der Waals surface area contributed by atoms with Crippen molar-refractivity contribution in [2.45, 2.75) is 40.5 Å². The fourth-order valence-corrected chi connectivity index (χ4v) is 1.12. The highest BCUT2D eigenvalue weighted by molar-refractivity contribution is 5.14. The van der Waals surface area contributed by atoms with Crippen molar-refractivity contribution in [2.24, 2.45) is 0 Å². The summed E-state index contributed by atoms with van der Waals surface area (Å²) in [4.78, 5) is 2.31. The van der Waals surface area contributed by atoms with E-state index in [4.69, 9.17) is 0 Å². The van der Waals surface area contributed by atoms with Gasteiger partial charge in [0.1, 0.15) is 0 Å². The molecule has 76 valence electrons. The molecule has 0 saturated heterocycles. The molecule has 0 spiro atoms. The summed E-state index contributed by atoms with van der Waals surface area (Å²) in [5.41, 5.74) is 2.80. The normalized spacial score (nSPS) is 11.3. The van der Waals surface area contributed by atoms with E-state index in [1.165, 1.54) is 24.1 Å². The molecule has 0 aromatic heterocycles. The van der Waals surface area contributed by atoms with Gasteiger partial charge in [0, 0.05) is 19.3 Å². The van der Waals surface area contributed by atoms with Gasteiger partial charge in [-0.15, -0.1) is 0 Å². The van der Waals surface area contributed by atoms with E-state index in [-0.39, 0.29) is 0 Å². The molecular weight excluding hydrogens is 158 g/mol. The minimum Gasteiger partial charge on any atom is -0.378 e. The van der Waals surface area contributed by atoms with Gasteiger partial charge in [-0.05, 0) is 33.3 Å². The van der Waals surface area contributed by atoms with Crippen LogP contribution in [0.5, 0.6) is 0 Å². The molecule has 0 atom stereocenters. The van der Waals surface area contributed by atoms with Crippen LogP contribution in [0.25, 0.3) is 0 Å². The number of rotatable bonds is 5. The van der Waals surface area contributed by atoms with Crippen molar-refractivity contribution in [1.82, 2.24) is 4.90 Å². The van der Waals surface area contributed by atoms with Crippen LogP contribution in [0.2, 0.25) is 0 Å². The molecule has 0 bridgehead atoms. The zero-order chi connectivity index (χ0) is 10.3. The molecule has 1 heteroatoms. The Morgan fingerprint density at radius 2 is 1.77 bits per heavy atom. The van der Waals surface area contributed by atoms with E-state index in [1.807, 2.05) is 0 Å². The molecule has 1 nitrogen and oxygen atoms in total. The Hall–Kier alpha value is -0.720. The molecule has 0 aromatic carbocycles. The average Bonchev–Trinajstić information content (AvgIpc) is 2.10. The predicted octanol–water partition coefficient (Wildman–Crippen LogP) is 3.59. The van der Waals surface area contributed by atoms with Gasteiger partial charge in [-0.3, -0.25) is 0 Å². The van der Waals surface area contributed by atoms with Gasteiger partial charge in [0.05, 0.1) is 0 Å².